The number of nitrogens with zero attached hydrogens (tertiary/aromatic N) is 1. The Hall–Kier alpha value is -3.08. The molecule has 0 bridgehead atoms. The molecule has 0 saturated heterocycles. The van der Waals surface area contributed by atoms with Crippen molar-refractivity contribution in [1.29, 1.82) is 0 Å². The van der Waals surface area contributed by atoms with Crippen molar-refractivity contribution in [1.82, 2.24) is 10.4 Å². The number of ether oxygens (including phenoxy) is 1. The Kier molecular flexibility index (Phi) is 4.84. The fourth-order valence-corrected chi connectivity index (χ4v) is 2.90. The van der Waals surface area contributed by atoms with Gasteiger partial charge >= 0.3 is 0 Å². The zero-order valence-electron chi connectivity index (χ0n) is 14.6. The predicted octanol–water partition coefficient (Wildman–Crippen LogP) is 3.62. The minimum Gasteiger partial charge on any atom is -0.483 e. The number of nitrogens with one attached hydrogen (secondary N) is 2. The molecule has 0 aliphatic heterocycles. The van der Waals surface area contributed by atoms with Crippen LogP contribution in [0.1, 0.15) is 22.4 Å². The van der Waals surface area contributed by atoms with Gasteiger partial charge in [-0.1, -0.05) is 35.9 Å². The summed E-state index contributed by atoms with van der Waals surface area (Å²) < 4.78 is 5.64. The average Bonchev–Trinajstić information content (AvgIpc) is 2.96. The van der Waals surface area contributed by atoms with Crippen LogP contribution in [0.2, 0.25) is 0 Å². The zero-order chi connectivity index (χ0) is 17.8. The lowest BCUT2D eigenvalue weighted by Gasteiger charge is -2.12. The summed E-state index contributed by atoms with van der Waals surface area (Å²) in [6.07, 6.45) is 1.58. The van der Waals surface area contributed by atoms with Crippen molar-refractivity contribution in [2.24, 2.45) is 5.10 Å². The van der Waals surface area contributed by atoms with Gasteiger partial charge in [-0.3, -0.25) is 4.79 Å². The second kappa shape index (κ2) is 7.21. The molecule has 0 unspecified atom stereocenters. The Bertz CT molecular complexity index is 885. The summed E-state index contributed by atoms with van der Waals surface area (Å²) in [5.74, 6) is 0.451. The zero-order valence-corrected chi connectivity index (χ0v) is 14.6. The molecule has 0 radical (unpaired) electrons. The van der Waals surface area contributed by atoms with Crippen LogP contribution < -0.4 is 10.2 Å². The van der Waals surface area contributed by atoms with Crippen LogP contribution in [-0.2, 0) is 4.79 Å². The van der Waals surface area contributed by atoms with E-state index in [4.69, 9.17) is 4.74 Å². The molecule has 128 valence electrons. The molecule has 1 heterocycles. The fraction of sp³-hybridized carbons (Fsp3) is 0.200. The predicted molar refractivity (Wildman–Crippen MR) is 100 cm³/mol. The van der Waals surface area contributed by atoms with Gasteiger partial charge in [0.05, 0.1) is 11.9 Å². The summed E-state index contributed by atoms with van der Waals surface area (Å²) in [4.78, 5) is 15.1. The van der Waals surface area contributed by atoms with Crippen LogP contribution >= 0.6 is 0 Å². The van der Waals surface area contributed by atoms with Gasteiger partial charge in [0, 0.05) is 10.9 Å². The van der Waals surface area contributed by atoms with Gasteiger partial charge in [0.15, 0.2) is 6.61 Å². The minimum atomic E-state index is -0.299. The molecule has 0 saturated carbocycles. The number of aromatic nitrogens is 1. The maximum absolute atomic E-state index is 11.9. The van der Waals surface area contributed by atoms with Gasteiger partial charge in [0.1, 0.15) is 5.75 Å². The highest BCUT2D eigenvalue weighted by Crippen LogP contribution is 2.24. The van der Waals surface area contributed by atoms with E-state index in [9.17, 15) is 4.79 Å². The minimum absolute atomic E-state index is 0.0746. The highest BCUT2D eigenvalue weighted by atomic mass is 16.5. The lowest BCUT2D eigenvalue weighted by atomic mass is 10.1. The Morgan fingerprint density at radius 3 is 2.60 bits per heavy atom. The molecule has 5 heteroatoms. The Balaban J connectivity index is 1.56. The Labute approximate surface area is 146 Å². The van der Waals surface area contributed by atoms with E-state index >= 15 is 0 Å². The van der Waals surface area contributed by atoms with Crippen molar-refractivity contribution in [2.75, 3.05) is 6.61 Å². The first kappa shape index (κ1) is 16.8. The van der Waals surface area contributed by atoms with Crippen molar-refractivity contribution in [3.63, 3.8) is 0 Å². The van der Waals surface area contributed by atoms with E-state index in [0.717, 1.165) is 33.5 Å². The maximum Gasteiger partial charge on any atom is 0.277 e. The number of carbonyl (C=O) groups excluding carboxylic acids is 1. The van der Waals surface area contributed by atoms with Crippen molar-refractivity contribution in [3.05, 3.63) is 64.8 Å². The third-order valence-electron chi connectivity index (χ3n) is 3.90. The van der Waals surface area contributed by atoms with Gasteiger partial charge in [-0.25, -0.2) is 5.43 Å². The van der Waals surface area contributed by atoms with Crippen LogP contribution in [0, 0.1) is 20.8 Å². The summed E-state index contributed by atoms with van der Waals surface area (Å²) in [6, 6.07) is 14.0. The molecule has 5 nitrogen and oxygen atoms in total. The van der Waals surface area contributed by atoms with E-state index in [2.05, 4.69) is 15.5 Å². The van der Waals surface area contributed by atoms with Crippen LogP contribution in [-0.4, -0.2) is 23.7 Å². The van der Waals surface area contributed by atoms with Crippen molar-refractivity contribution >= 4 is 23.0 Å². The van der Waals surface area contributed by atoms with Crippen LogP contribution in [0.5, 0.6) is 5.75 Å². The molecule has 1 amide bonds. The molecule has 2 N–H and O–H groups in total. The SMILES string of the molecule is Cc1cc(C)c(OCC(=O)N/N=C/c2cc3ccccc3[nH]2)c(C)c1. The number of benzene rings is 2. The molecule has 2 aromatic carbocycles. The second-order valence-corrected chi connectivity index (χ2v) is 6.12. The van der Waals surface area contributed by atoms with Crippen LogP contribution in [0.25, 0.3) is 10.9 Å². The van der Waals surface area contributed by atoms with Crippen molar-refractivity contribution in [2.45, 2.75) is 20.8 Å². The molecule has 3 aromatic rings. The second-order valence-electron chi connectivity index (χ2n) is 6.12. The molecule has 0 atom stereocenters. The smallest absolute Gasteiger partial charge is 0.277 e. The van der Waals surface area contributed by atoms with Crippen molar-refractivity contribution in [3.8, 4) is 5.75 Å². The van der Waals surface area contributed by atoms with E-state index in [1.165, 1.54) is 5.56 Å². The van der Waals surface area contributed by atoms with E-state index < -0.39 is 0 Å². The monoisotopic (exact) mass is 335 g/mol. The number of aryl methyl sites for hydroxylation is 3. The summed E-state index contributed by atoms with van der Waals surface area (Å²) >= 11 is 0. The first-order valence-corrected chi connectivity index (χ1v) is 8.13. The van der Waals surface area contributed by atoms with Gasteiger partial charge in [-0.15, -0.1) is 0 Å². The Morgan fingerprint density at radius 1 is 1.16 bits per heavy atom. The van der Waals surface area contributed by atoms with Crippen LogP contribution in [0.15, 0.2) is 47.6 Å². The van der Waals surface area contributed by atoms with E-state index in [1.54, 1.807) is 6.21 Å². The molecule has 25 heavy (non-hydrogen) atoms. The fourth-order valence-electron chi connectivity index (χ4n) is 2.90. The summed E-state index contributed by atoms with van der Waals surface area (Å²) in [5.41, 5.74) is 7.56. The molecule has 0 aliphatic carbocycles. The highest BCUT2D eigenvalue weighted by Gasteiger charge is 2.08. The average molecular weight is 335 g/mol. The van der Waals surface area contributed by atoms with E-state index in [0.29, 0.717) is 0 Å². The first-order chi connectivity index (χ1) is 12.0. The molecular weight excluding hydrogens is 314 g/mol. The largest absolute Gasteiger partial charge is 0.483 e. The Morgan fingerprint density at radius 2 is 1.88 bits per heavy atom. The normalized spacial score (nSPS) is 11.2. The van der Waals surface area contributed by atoms with Gasteiger partial charge < -0.3 is 9.72 Å². The van der Waals surface area contributed by atoms with Gasteiger partial charge in [-0.2, -0.15) is 5.10 Å². The lowest BCUT2D eigenvalue weighted by Crippen LogP contribution is -2.25. The number of amides is 1. The highest BCUT2D eigenvalue weighted by molar-refractivity contribution is 5.90. The number of hydrazone groups is 1. The first-order valence-electron chi connectivity index (χ1n) is 8.13. The quantitative estimate of drug-likeness (QED) is 0.552. The molecule has 0 aliphatic rings. The summed E-state index contributed by atoms with van der Waals surface area (Å²) in [6.45, 7) is 5.91. The van der Waals surface area contributed by atoms with E-state index in [-0.39, 0.29) is 12.5 Å². The number of para-hydroxylation sites is 1. The van der Waals surface area contributed by atoms with Crippen molar-refractivity contribution < 1.29 is 9.53 Å². The van der Waals surface area contributed by atoms with Crippen LogP contribution in [0.3, 0.4) is 0 Å². The maximum atomic E-state index is 11.9. The number of rotatable bonds is 5. The molecule has 1 aromatic heterocycles. The number of H-pyrrole nitrogens is 1. The number of hydrogen-bond acceptors (Lipinski definition) is 3. The van der Waals surface area contributed by atoms with E-state index in [1.807, 2.05) is 63.2 Å². The molecule has 0 fully saturated rings. The molecule has 3 rings (SSSR count). The van der Waals surface area contributed by atoms with Gasteiger partial charge in [0.25, 0.3) is 5.91 Å². The standard InChI is InChI=1S/C20H21N3O2/c1-13-8-14(2)20(15(3)9-13)25-12-19(24)23-21-11-17-10-16-6-4-5-7-18(16)22-17/h4-11,22H,12H2,1-3H3,(H,23,24)/b21-11+. The lowest BCUT2D eigenvalue weighted by molar-refractivity contribution is -0.123. The summed E-state index contributed by atoms with van der Waals surface area (Å²) in [7, 11) is 0. The third kappa shape index (κ3) is 4.07. The van der Waals surface area contributed by atoms with Crippen LogP contribution in [0.4, 0.5) is 0 Å². The topological polar surface area (TPSA) is 66.5 Å². The number of aromatic amines is 1. The number of carbonyl (C=O) groups is 1. The number of fused-ring (bicyclic) bond motifs is 1. The number of hydrogen-bond donors (Lipinski definition) is 2. The summed E-state index contributed by atoms with van der Waals surface area (Å²) in [5, 5.41) is 5.07. The molecule has 0 spiro atoms. The van der Waals surface area contributed by atoms with Gasteiger partial charge in [-0.05, 0) is 44.0 Å². The van der Waals surface area contributed by atoms with Gasteiger partial charge in [0.2, 0.25) is 0 Å². The third-order valence-corrected chi connectivity index (χ3v) is 3.90. The molecular formula is C20H21N3O2.